The van der Waals surface area contributed by atoms with E-state index in [4.69, 9.17) is 4.74 Å². The molecule has 1 fully saturated rings. The predicted octanol–water partition coefficient (Wildman–Crippen LogP) is 1.24. The largest absolute Gasteiger partial charge is 0.381 e. The Labute approximate surface area is 171 Å². The average Bonchev–Trinajstić information content (AvgIpc) is 3.26. The van der Waals surface area contributed by atoms with Crippen LogP contribution in [0, 0.1) is 0 Å². The lowest BCUT2D eigenvalue weighted by molar-refractivity contribution is -0.117. The van der Waals surface area contributed by atoms with Crippen LogP contribution in [0.2, 0.25) is 0 Å². The summed E-state index contributed by atoms with van der Waals surface area (Å²) in [5, 5.41) is 12.8. The maximum atomic E-state index is 12.8. The van der Waals surface area contributed by atoms with E-state index in [0.717, 1.165) is 15.8 Å². The van der Waals surface area contributed by atoms with Crippen LogP contribution in [0.15, 0.2) is 30.9 Å². The lowest BCUT2D eigenvalue weighted by Gasteiger charge is -2.19. The van der Waals surface area contributed by atoms with Gasteiger partial charge < -0.3 is 26.0 Å². The standard InChI is InChI=1S/C20H22N4O4S/c1-3-16(25)23-13-8-28-9-14(13)24-19(26)11-4-5-15-12(6-11)17-18(29-15)20(27)22-10(2)7-21-17/h3-6,10,13-14,21H,1,7-9H2,2H3,(H,22,27)(H,23,25)(H,24,26). The molecule has 1 aromatic carbocycles. The van der Waals surface area contributed by atoms with Gasteiger partial charge in [-0.1, -0.05) is 6.58 Å². The summed E-state index contributed by atoms with van der Waals surface area (Å²) < 4.78 is 6.34. The number of fused-ring (bicyclic) bond motifs is 3. The first-order chi connectivity index (χ1) is 14.0. The molecule has 29 heavy (non-hydrogen) atoms. The Morgan fingerprint density at radius 2 is 2.03 bits per heavy atom. The van der Waals surface area contributed by atoms with Crippen LogP contribution < -0.4 is 21.3 Å². The van der Waals surface area contributed by atoms with Gasteiger partial charge in [0.1, 0.15) is 4.88 Å². The van der Waals surface area contributed by atoms with Gasteiger partial charge in [-0.15, -0.1) is 11.3 Å². The van der Waals surface area contributed by atoms with Crippen LogP contribution in [-0.2, 0) is 9.53 Å². The van der Waals surface area contributed by atoms with Crippen LogP contribution in [0.4, 0.5) is 5.69 Å². The molecule has 0 bridgehead atoms. The predicted molar refractivity (Wildman–Crippen MR) is 111 cm³/mol. The molecule has 0 aliphatic carbocycles. The van der Waals surface area contributed by atoms with Crippen LogP contribution >= 0.6 is 11.3 Å². The van der Waals surface area contributed by atoms with Crippen molar-refractivity contribution >= 4 is 44.8 Å². The molecule has 2 aliphatic heterocycles. The number of hydrogen-bond acceptors (Lipinski definition) is 6. The third-order valence-corrected chi connectivity index (χ3v) is 6.20. The zero-order valence-electron chi connectivity index (χ0n) is 15.9. The average molecular weight is 414 g/mol. The van der Waals surface area contributed by atoms with Crippen LogP contribution in [0.3, 0.4) is 0 Å². The minimum Gasteiger partial charge on any atom is -0.381 e. The van der Waals surface area contributed by atoms with Crippen molar-refractivity contribution in [3.63, 3.8) is 0 Å². The summed E-state index contributed by atoms with van der Waals surface area (Å²) in [6, 6.07) is 4.77. The number of amides is 3. The van der Waals surface area contributed by atoms with Crippen molar-refractivity contribution in [3.05, 3.63) is 41.3 Å². The summed E-state index contributed by atoms with van der Waals surface area (Å²) in [4.78, 5) is 37.4. The molecular weight excluding hydrogens is 392 g/mol. The fraction of sp³-hybridized carbons (Fsp3) is 0.350. The molecule has 4 rings (SSSR count). The Kier molecular flexibility index (Phi) is 5.25. The Morgan fingerprint density at radius 1 is 1.28 bits per heavy atom. The van der Waals surface area contributed by atoms with E-state index in [2.05, 4.69) is 27.8 Å². The molecule has 2 aromatic rings. The molecule has 0 spiro atoms. The van der Waals surface area contributed by atoms with E-state index >= 15 is 0 Å². The first-order valence-electron chi connectivity index (χ1n) is 9.39. The molecule has 9 heteroatoms. The lowest BCUT2D eigenvalue weighted by atomic mass is 10.1. The number of benzene rings is 1. The fourth-order valence-corrected chi connectivity index (χ4v) is 4.56. The van der Waals surface area contributed by atoms with Gasteiger partial charge in [0.2, 0.25) is 5.91 Å². The second-order valence-corrected chi connectivity index (χ2v) is 8.26. The molecule has 4 N–H and O–H groups in total. The summed E-state index contributed by atoms with van der Waals surface area (Å²) in [6.07, 6.45) is 1.19. The van der Waals surface area contributed by atoms with Gasteiger partial charge in [-0.2, -0.15) is 0 Å². The van der Waals surface area contributed by atoms with Crippen LogP contribution in [-0.4, -0.2) is 55.6 Å². The number of ether oxygens (including phenoxy) is 1. The van der Waals surface area contributed by atoms with Gasteiger partial charge in [-0.05, 0) is 31.2 Å². The Bertz CT molecular complexity index is 1000. The minimum absolute atomic E-state index is 0.0220. The number of hydrogen-bond donors (Lipinski definition) is 4. The minimum atomic E-state index is -0.327. The molecule has 152 valence electrons. The molecule has 3 amide bonds. The molecular formula is C20H22N4O4S. The summed E-state index contributed by atoms with van der Waals surface area (Å²) in [5.41, 5.74) is 1.25. The highest BCUT2D eigenvalue weighted by molar-refractivity contribution is 7.21. The molecule has 3 heterocycles. The van der Waals surface area contributed by atoms with Crippen molar-refractivity contribution in [2.45, 2.75) is 25.0 Å². The number of rotatable bonds is 4. The van der Waals surface area contributed by atoms with Crippen molar-refractivity contribution in [2.24, 2.45) is 0 Å². The Balaban J connectivity index is 1.56. The lowest BCUT2D eigenvalue weighted by Crippen LogP contribution is -2.50. The van der Waals surface area contributed by atoms with Gasteiger partial charge >= 0.3 is 0 Å². The van der Waals surface area contributed by atoms with E-state index in [1.807, 2.05) is 13.0 Å². The SMILES string of the molecule is C=CC(=O)NC1COCC1NC(=O)c1ccc2sc3c(c2c1)NCC(C)NC3=O. The van der Waals surface area contributed by atoms with Crippen molar-refractivity contribution in [3.8, 4) is 0 Å². The van der Waals surface area contributed by atoms with Gasteiger partial charge in [0.05, 0.1) is 31.0 Å². The second-order valence-electron chi connectivity index (χ2n) is 7.21. The molecule has 3 atom stereocenters. The Hall–Kier alpha value is -2.91. The topological polar surface area (TPSA) is 109 Å². The number of carbonyl (C=O) groups is 3. The third kappa shape index (κ3) is 3.83. The molecule has 2 aliphatic rings. The highest BCUT2D eigenvalue weighted by Crippen LogP contribution is 2.37. The zero-order chi connectivity index (χ0) is 20.5. The summed E-state index contributed by atoms with van der Waals surface area (Å²) in [6.45, 7) is 6.65. The van der Waals surface area contributed by atoms with E-state index in [1.54, 1.807) is 12.1 Å². The van der Waals surface area contributed by atoms with E-state index in [1.165, 1.54) is 17.4 Å². The second kappa shape index (κ2) is 7.84. The molecule has 3 unspecified atom stereocenters. The van der Waals surface area contributed by atoms with E-state index < -0.39 is 0 Å². The molecule has 8 nitrogen and oxygen atoms in total. The first-order valence-corrected chi connectivity index (χ1v) is 10.2. The quantitative estimate of drug-likeness (QED) is 0.563. The Morgan fingerprint density at radius 3 is 2.79 bits per heavy atom. The van der Waals surface area contributed by atoms with Crippen LogP contribution in [0.25, 0.3) is 10.1 Å². The number of anilines is 1. The van der Waals surface area contributed by atoms with E-state index in [-0.39, 0.29) is 35.8 Å². The van der Waals surface area contributed by atoms with E-state index in [0.29, 0.717) is 30.2 Å². The molecule has 1 aromatic heterocycles. The van der Waals surface area contributed by atoms with Gasteiger partial charge in [-0.25, -0.2) is 0 Å². The van der Waals surface area contributed by atoms with Crippen molar-refractivity contribution in [1.29, 1.82) is 0 Å². The van der Waals surface area contributed by atoms with Gasteiger partial charge in [-0.3, -0.25) is 14.4 Å². The van der Waals surface area contributed by atoms with Crippen molar-refractivity contribution in [2.75, 3.05) is 25.1 Å². The summed E-state index contributed by atoms with van der Waals surface area (Å²) in [5.74, 6) is -0.666. The monoisotopic (exact) mass is 414 g/mol. The zero-order valence-corrected chi connectivity index (χ0v) is 16.7. The summed E-state index contributed by atoms with van der Waals surface area (Å²) in [7, 11) is 0. The van der Waals surface area contributed by atoms with Crippen LogP contribution in [0.5, 0.6) is 0 Å². The fourth-order valence-electron chi connectivity index (χ4n) is 3.50. The smallest absolute Gasteiger partial charge is 0.263 e. The normalized spacial score (nSPS) is 23.5. The molecule has 0 saturated carbocycles. The number of thiophene rings is 1. The highest BCUT2D eigenvalue weighted by atomic mass is 32.1. The maximum absolute atomic E-state index is 12.8. The van der Waals surface area contributed by atoms with Gasteiger partial charge in [0.15, 0.2) is 0 Å². The van der Waals surface area contributed by atoms with Gasteiger partial charge in [0.25, 0.3) is 11.8 Å². The first kappa shape index (κ1) is 19.4. The number of carbonyl (C=O) groups excluding carboxylic acids is 3. The van der Waals surface area contributed by atoms with Gasteiger partial charge in [0, 0.05) is 28.2 Å². The molecule has 1 saturated heterocycles. The highest BCUT2D eigenvalue weighted by Gasteiger charge is 2.31. The van der Waals surface area contributed by atoms with Crippen LogP contribution in [0.1, 0.15) is 27.0 Å². The van der Waals surface area contributed by atoms with Crippen molar-refractivity contribution in [1.82, 2.24) is 16.0 Å². The maximum Gasteiger partial charge on any atom is 0.263 e. The number of nitrogens with one attached hydrogen (secondary N) is 4. The van der Waals surface area contributed by atoms with E-state index in [9.17, 15) is 14.4 Å². The molecule has 0 radical (unpaired) electrons. The van der Waals surface area contributed by atoms with Crippen molar-refractivity contribution < 1.29 is 19.1 Å². The third-order valence-electron chi connectivity index (χ3n) is 5.03. The summed E-state index contributed by atoms with van der Waals surface area (Å²) >= 11 is 1.40.